The Morgan fingerprint density at radius 3 is 2.40 bits per heavy atom. The highest BCUT2D eigenvalue weighted by Gasteiger charge is 2.35. The van der Waals surface area contributed by atoms with Gasteiger partial charge in [0, 0.05) is 18.9 Å². The van der Waals surface area contributed by atoms with E-state index in [-0.39, 0.29) is 12.3 Å². The van der Waals surface area contributed by atoms with Crippen LogP contribution in [0.25, 0.3) is 0 Å². The third-order valence-corrected chi connectivity index (χ3v) is 3.40. The van der Waals surface area contributed by atoms with Crippen LogP contribution in [0, 0.1) is 0 Å². The van der Waals surface area contributed by atoms with Crippen LogP contribution in [0.2, 0.25) is 0 Å². The molecule has 0 aromatic heterocycles. The first-order valence-corrected chi connectivity index (χ1v) is 6.48. The van der Waals surface area contributed by atoms with Gasteiger partial charge in [0.15, 0.2) is 0 Å². The van der Waals surface area contributed by atoms with Crippen LogP contribution >= 0.6 is 0 Å². The quantitative estimate of drug-likeness (QED) is 0.754. The first-order valence-electron chi connectivity index (χ1n) is 6.48. The van der Waals surface area contributed by atoms with Gasteiger partial charge in [-0.2, -0.15) is 0 Å². The fraction of sp³-hybridized carbons (Fsp3) is 0.429. The standard InChI is InChI=1S/C14H18N2O4/c15-14(5-7-20-8-6-14)13(19)16-11-3-1-10(2-4-11)9-12(17)18/h1-4H,5-9,15H2,(H,16,19)(H,17,18). The average Bonchev–Trinajstić information content (AvgIpc) is 2.41. The molecule has 4 N–H and O–H groups in total. The second kappa shape index (κ2) is 6.02. The number of hydrogen-bond donors (Lipinski definition) is 3. The third-order valence-electron chi connectivity index (χ3n) is 3.40. The summed E-state index contributed by atoms with van der Waals surface area (Å²) < 4.78 is 5.20. The van der Waals surface area contributed by atoms with Crippen LogP contribution in [-0.4, -0.2) is 35.7 Å². The fourth-order valence-electron chi connectivity index (χ4n) is 2.10. The van der Waals surface area contributed by atoms with Crippen LogP contribution in [0.1, 0.15) is 18.4 Å². The van der Waals surface area contributed by atoms with Gasteiger partial charge in [0.2, 0.25) is 5.91 Å². The van der Waals surface area contributed by atoms with Gasteiger partial charge in [0.05, 0.1) is 6.42 Å². The predicted octanol–water partition coefficient (Wildman–Crippen LogP) is 0.760. The van der Waals surface area contributed by atoms with E-state index in [1.807, 2.05) is 0 Å². The van der Waals surface area contributed by atoms with E-state index in [1.165, 1.54) is 0 Å². The van der Waals surface area contributed by atoms with Crippen molar-refractivity contribution in [2.75, 3.05) is 18.5 Å². The predicted molar refractivity (Wildman–Crippen MR) is 73.4 cm³/mol. The number of anilines is 1. The zero-order valence-electron chi connectivity index (χ0n) is 11.1. The van der Waals surface area contributed by atoms with E-state index in [1.54, 1.807) is 24.3 Å². The summed E-state index contributed by atoms with van der Waals surface area (Å²) in [4.78, 5) is 22.7. The zero-order chi connectivity index (χ0) is 14.6. The average molecular weight is 278 g/mol. The largest absolute Gasteiger partial charge is 0.481 e. The lowest BCUT2D eigenvalue weighted by Gasteiger charge is -2.31. The van der Waals surface area contributed by atoms with Gasteiger partial charge in [-0.3, -0.25) is 9.59 Å². The first-order chi connectivity index (χ1) is 9.49. The Hall–Kier alpha value is -1.92. The molecule has 0 spiro atoms. The second-order valence-electron chi connectivity index (χ2n) is 4.99. The molecule has 1 heterocycles. The SMILES string of the molecule is NC1(C(=O)Nc2ccc(CC(=O)O)cc2)CCOCC1. The number of ether oxygens (including phenoxy) is 1. The van der Waals surface area contributed by atoms with Crippen LogP contribution < -0.4 is 11.1 Å². The van der Waals surface area contributed by atoms with Crippen molar-refractivity contribution in [2.24, 2.45) is 5.73 Å². The van der Waals surface area contributed by atoms with Crippen molar-refractivity contribution in [1.82, 2.24) is 0 Å². The number of rotatable bonds is 4. The summed E-state index contributed by atoms with van der Waals surface area (Å²) in [6, 6.07) is 6.71. The third kappa shape index (κ3) is 3.55. The minimum atomic E-state index is -0.891. The van der Waals surface area contributed by atoms with Crippen LogP contribution in [0.4, 0.5) is 5.69 Å². The summed E-state index contributed by atoms with van der Waals surface area (Å²) in [5, 5.41) is 11.5. The molecular weight excluding hydrogens is 260 g/mol. The molecule has 0 radical (unpaired) electrons. The number of nitrogens with two attached hydrogens (primary N) is 1. The number of aliphatic carboxylic acids is 1. The van der Waals surface area contributed by atoms with E-state index in [4.69, 9.17) is 15.6 Å². The monoisotopic (exact) mass is 278 g/mol. The molecule has 0 aliphatic carbocycles. The van der Waals surface area contributed by atoms with Gasteiger partial charge in [-0.15, -0.1) is 0 Å². The van der Waals surface area contributed by atoms with Crippen molar-refractivity contribution in [3.05, 3.63) is 29.8 Å². The maximum Gasteiger partial charge on any atom is 0.307 e. The molecule has 1 amide bonds. The summed E-state index contributed by atoms with van der Waals surface area (Å²) in [5.74, 6) is -1.11. The minimum Gasteiger partial charge on any atom is -0.481 e. The summed E-state index contributed by atoms with van der Waals surface area (Å²) in [7, 11) is 0. The molecule has 1 saturated heterocycles. The first kappa shape index (κ1) is 14.5. The van der Waals surface area contributed by atoms with Crippen molar-refractivity contribution in [3.63, 3.8) is 0 Å². The normalized spacial score (nSPS) is 17.4. The van der Waals surface area contributed by atoms with Gasteiger partial charge in [-0.25, -0.2) is 0 Å². The maximum atomic E-state index is 12.2. The molecule has 0 unspecified atom stereocenters. The Bertz CT molecular complexity index is 492. The molecule has 20 heavy (non-hydrogen) atoms. The van der Waals surface area contributed by atoms with Crippen LogP contribution in [0.15, 0.2) is 24.3 Å². The van der Waals surface area contributed by atoms with Crippen molar-refractivity contribution in [3.8, 4) is 0 Å². The number of benzene rings is 1. The van der Waals surface area contributed by atoms with Crippen LogP contribution in [-0.2, 0) is 20.7 Å². The molecule has 6 nitrogen and oxygen atoms in total. The van der Waals surface area contributed by atoms with Crippen molar-refractivity contribution >= 4 is 17.6 Å². The molecule has 1 fully saturated rings. The number of amides is 1. The molecule has 6 heteroatoms. The minimum absolute atomic E-state index is 0.0353. The molecule has 1 aromatic rings. The topological polar surface area (TPSA) is 102 Å². The molecule has 0 saturated carbocycles. The molecule has 1 aromatic carbocycles. The fourth-order valence-corrected chi connectivity index (χ4v) is 2.10. The van der Waals surface area contributed by atoms with Gasteiger partial charge in [-0.05, 0) is 30.5 Å². The van der Waals surface area contributed by atoms with Crippen molar-refractivity contribution in [1.29, 1.82) is 0 Å². The van der Waals surface area contributed by atoms with Gasteiger partial charge in [0.25, 0.3) is 0 Å². The Kier molecular flexibility index (Phi) is 4.36. The number of carboxylic acid groups (broad SMARTS) is 1. The van der Waals surface area contributed by atoms with Gasteiger partial charge >= 0.3 is 5.97 Å². The smallest absolute Gasteiger partial charge is 0.307 e. The Morgan fingerprint density at radius 2 is 1.85 bits per heavy atom. The number of carbonyl (C=O) groups excluding carboxylic acids is 1. The van der Waals surface area contributed by atoms with Gasteiger partial charge in [0.1, 0.15) is 5.54 Å². The lowest BCUT2D eigenvalue weighted by Crippen LogP contribution is -2.54. The molecular formula is C14H18N2O4. The van der Waals surface area contributed by atoms with E-state index in [0.29, 0.717) is 37.3 Å². The highest BCUT2D eigenvalue weighted by Crippen LogP contribution is 2.20. The molecule has 2 rings (SSSR count). The number of carboxylic acids is 1. The molecule has 1 aliphatic heterocycles. The van der Waals surface area contributed by atoms with E-state index < -0.39 is 11.5 Å². The number of nitrogens with one attached hydrogen (secondary N) is 1. The summed E-state index contributed by atoms with van der Waals surface area (Å²) in [6.45, 7) is 0.975. The van der Waals surface area contributed by atoms with Crippen molar-refractivity contribution < 1.29 is 19.4 Å². The molecule has 1 aliphatic rings. The summed E-state index contributed by atoms with van der Waals surface area (Å²) in [6.07, 6.45) is 0.957. The van der Waals surface area contributed by atoms with Crippen molar-refractivity contribution in [2.45, 2.75) is 24.8 Å². The highest BCUT2D eigenvalue weighted by molar-refractivity contribution is 5.98. The zero-order valence-corrected chi connectivity index (χ0v) is 11.1. The van der Waals surface area contributed by atoms with Gasteiger partial charge in [-0.1, -0.05) is 12.1 Å². The lowest BCUT2D eigenvalue weighted by atomic mass is 9.90. The molecule has 0 bridgehead atoms. The number of hydrogen-bond acceptors (Lipinski definition) is 4. The van der Waals surface area contributed by atoms with Crippen LogP contribution in [0.5, 0.6) is 0 Å². The van der Waals surface area contributed by atoms with E-state index in [2.05, 4.69) is 5.32 Å². The number of carbonyl (C=O) groups is 2. The maximum absolute atomic E-state index is 12.2. The molecule has 0 atom stereocenters. The van der Waals surface area contributed by atoms with Crippen LogP contribution in [0.3, 0.4) is 0 Å². The summed E-state index contributed by atoms with van der Waals surface area (Å²) >= 11 is 0. The van der Waals surface area contributed by atoms with E-state index in [9.17, 15) is 9.59 Å². The highest BCUT2D eigenvalue weighted by atomic mass is 16.5. The van der Waals surface area contributed by atoms with E-state index in [0.717, 1.165) is 0 Å². The Morgan fingerprint density at radius 1 is 1.25 bits per heavy atom. The summed E-state index contributed by atoms with van der Waals surface area (Å²) in [5.41, 5.74) is 6.48. The van der Waals surface area contributed by atoms with E-state index >= 15 is 0 Å². The Labute approximate surface area is 116 Å². The lowest BCUT2D eigenvalue weighted by molar-refractivity contribution is -0.136. The Balaban J connectivity index is 1.98. The second-order valence-corrected chi connectivity index (χ2v) is 4.99. The molecule has 108 valence electrons. The van der Waals surface area contributed by atoms with Gasteiger partial charge < -0.3 is 20.9 Å².